The summed E-state index contributed by atoms with van der Waals surface area (Å²) in [6.45, 7) is 4.01. The Kier molecular flexibility index (Phi) is 7.49. The number of carbonyl (C=O) groups is 1. The summed E-state index contributed by atoms with van der Waals surface area (Å²) >= 11 is 0. The Bertz CT molecular complexity index is 1470. The van der Waals surface area contributed by atoms with Crippen LogP contribution >= 0.6 is 0 Å². The minimum Gasteiger partial charge on any atom is -0.497 e. The Morgan fingerprint density at radius 3 is 2.73 bits per heavy atom. The Balaban J connectivity index is 1.28. The zero-order valence-electron chi connectivity index (χ0n) is 22.4. The monoisotopic (exact) mass is 543 g/mol. The van der Waals surface area contributed by atoms with E-state index in [1.807, 2.05) is 46.5 Å². The van der Waals surface area contributed by atoms with Gasteiger partial charge in [0, 0.05) is 62.7 Å². The van der Waals surface area contributed by atoms with Crippen molar-refractivity contribution in [3.05, 3.63) is 71.9 Å². The smallest absolute Gasteiger partial charge is 0.254 e. The number of hydrogen-bond acceptors (Lipinski definition) is 9. The molecular formula is C29H33N7O4. The predicted molar refractivity (Wildman–Crippen MR) is 152 cm³/mol. The van der Waals surface area contributed by atoms with Crippen LogP contribution in [0.3, 0.4) is 0 Å². The molecule has 0 saturated carbocycles. The third kappa shape index (κ3) is 5.31. The highest BCUT2D eigenvalue weighted by Crippen LogP contribution is 2.38. The third-order valence-corrected chi connectivity index (χ3v) is 7.41. The largest absolute Gasteiger partial charge is 0.497 e. The minimum absolute atomic E-state index is 0.0286. The van der Waals surface area contributed by atoms with Crippen LogP contribution in [0.1, 0.15) is 28.4 Å². The van der Waals surface area contributed by atoms with Crippen molar-refractivity contribution < 1.29 is 19.5 Å². The van der Waals surface area contributed by atoms with E-state index in [0.717, 1.165) is 30.5 Å². The highest BCUT2D eigenvalue weighted by molar-refractivity contribution is 5.96. The maximum atomic E-state index is 13.4. The number of methoxy groups -OCH3 is 1. The SMILES string of the molecule is COc1cc(Nc2nc(N3OCC[C@@H]3c3ccccc3)c3cc[nH]c3n2)cc(C(=O)N2CCN(CCO)CC2)c1. The molecule has 11 nitrogen and oxygen atoms in total. The molecule has 0 spiro atoms. The zero-order chi connectivity index (χ0) is 27.5. The lowest BCUT2D eigenvalue weighted by molar-refractivity contribution is 0.0614. The first-order valence-corrected chi connectivity index (χ1v) is 13.5. The van der Waals surface area contributed by atoms with E-state index in [9.17, 15) is 9.90 Å². The first kappa shape index (κ1) is 26.1. The number of H-pyrrole nitrogens is 1. The van der Waals surface area contributed by atoms with Gasteiger partial charge in [-0.1, -0.05) is 30.3 Å². The number of hydroxylamine groups is 1. The topological polar surface area (TPSA) is 119 Å². The molecule has 2 aromatic heterocycles. The van der Waals surface area contributed by atoms with Gasteiger partial charge in [-0.3, -0.25) is 14.5 Å². The number of aromatic nitrogens is 3. The van der Waals surface area contributed by atoms with Crippen LogP contribution in [0.25, 0.3) is 11.0 Å². The highest BCUT2D eigenvalue weighted by Gasteiger charge is 2.31. The fourth-order valence-corrected chi connectivity index (χ4v) is 5.35. The molecule has 40 heavy (non-hydrogen) atoms. The van der Waals surface area contributed by atoms with Crippen LogP contribution in [-0.2, 0) is 4.84 Å². The fourth-order valence-electron chi connectivity index (χ4n) is 5.35. The summed E-state index contributed by atoms with van der Waals surface area (Å²) in [6.07, 6.45) is 2.68. The van der Waals surface area contributed by atoms with Gasteiger partial charge in [-0.15, -0.1) is 0 Å². The Morgan fingerprint density at radius 2 is 1.95 bits per heavy atom. The van der Waals surface area contributed by atoms with Crippen molar-refractivity contribution in [1.82, 2.24) is 24.8 Å². The van der Waals surface area contributed by atoms with E-state index >= 15 is 0 Å². The van der Waals surface area contributed by atoms with Crippen LogP contribution in [-0.4, -0.2) is 88.8 Å². The maximum absolute atomic E-state index is 13.4. The number of aromatic amines is 1. The normalized spacial score (nSPS) is 17.9. The molecule has 0 unspecified atom stereocenters. The molecule has 11 heteroatoms. The van der Waals surface area contributed by atoms with Crippen LogP contribution < -0.4 is 15.1 Å². The van der Waals surface area contributed by atoms with E-state index in [2.05, 4.69) is 32.3 Å². The number of nitrogens with one attached hydrogen (secondary N) is 2. The molecule has 208 valence electrons. The second-order valence-corrected chi connectivity index (χ2v) is 9.92. The second-order valence-electron chi connectivity index (χ2n) is 9.92. The molecule has 1 amide bonds. The van der Waals surface area contributed by atoms with E-state index in [0.29, 0.717) is 60.7 Å². The predicted octanol–water partition coefficient (Wildman–Crippen LogP) is 3.34. The Labute approximate surface area is 232 Å². The number of anilines is 3. The standard InChI is InChI=1S/C29H33N7O4/c1-39-23-18-21(28(38)35-12-10-34(11-13-35)14-15-37)17-22(19-23)31-29-32-26-24(7-9-30-26)27(33-29)36-25(8-16-40-36)20-5-3-2-4-6-20/h2-7,9,17-19,25,37H,8,10-16H2,1H3,(H2,30,31,32,33)/t25-/m1/s1. The molecular weight excluding hydrogens is 510 g/mol. The van der Waals surface area contributed by atoms with Crippen LogP contribution in [0.15, 0.2) is 60.8 Å². The lowest BCUT2D eigenvalue weighted by atomic mass is 10.0. The van der Waals surface area contributed by atoms with E-state index < -0.39 is 0 Å². The summed E-state index contributed by atoms with van der Waals surface area (Å²) in [6, 6.07) is 17.6. The third-order valence-electron chi connectivity index (χ3n) is 7.41. The molecule has 2 aliphatic rings. The van der Waals surface area contributed by atoms with Crippen molar-refractivity contribution >= 4 is 34.4 Å². The molecule has 1 atom stereocenters. The number of nitrogens with zero attached hydrogens (tertiary/aromatic N) is 5. The van der Waals surface area contributed by atoms with Crippen LogP contribution in [0.4, 0.5) is 17.5 Å². The summed E-state index contributed by atoms with van der Waals surface area (Å²) < 4.78 is 5.52. The molecule has 3 N–H and O–H groups in total. The lowest BCUT2D eigenvalue weighted by Gasteiger charge is -2.34. The quantitative estimate of drug-likeness (QED) is 0.307. The Morgan fingerprint density at radius 1 is 1.12 bits per heavy atom. The molecule has 0 radical (unpaired) electrons. The summed E-state index contributed by atoms with van der Waals surface area (Å²) in [7, 11) is 1.58. The maximum Gasteiger partial charge on any atom is 0.254 e. The molecule has 4 aromatic rings. The second kappa shape index (κ2) is 11.5. The van der Waals surface area contributed by atoms with Crippen molar-refractivity contribution in [1.29, 1.82) is 0 Å². The number of amides is 1. The average Bonchev–Trinajstić information content (AvgIpc) is 3.67. The van der Waals surface area contributed by atoms with Gasteiger partial charge in [0.15, 0.2) is 5.82 Å². The molecule has 2 fully saturated rings. The zero-order valence-corrected chi connectivity index (χ0v) is 22.4. The van der Waals surface area contributed by atoms with Crippen LogP contribution in [0.5, 0.6) is 5.75 Å². The molecule has 2 aromatic carbocycles. The van der Waals surface area contributed by atoms with Crippen molar-refractivity contribution in [2.24, 2.45) is 0 Å². The van der Waals surface area contributed by atoms with Gasteiger partial charge < -0.3 is 25.0 Å². The van der Waals surface area contributed by atoms with Gasteiger partial charge in [-0.25, -0.2) is 5.06 Å². The van der Waals surface area contributed by atoms with Crippen LogP contribution in [0.2, 0.25) is 0 Å². The number of carbonyl (C=O) groups excluding carboxylic acids is 1. The van der Waals surface area contributed by atoms with Gasteiger partial charge in [-0.2, -0.15) is 9.97 Å². The van der Waals surface area contributed by atoms with Gasteiger partial charge >= 0.3 is 0 Å². The molecule has 2 saturated heterocycles. The van der Waals surface area contributed by atoms with Crippen molar-refractivity contribution in [3.8, 4) is 5.75 Å². The first-order valence-electron chi connectivity index (χ1n) is 13.5. The van der Waals surface area contributed by atoms with Gasteiger partial charge in [-0.05, 0) is 23.8 Å². The van der Waals surface area contributed by atoms with Crippen LogP contribution in [0, 0.1) is 0 Å². The molecule has 6 rings (SSSR count). The van der Waals surface area contributed by atoms with E-state index in [1.54, 1.807) is 19.2 Å². The van der Waals surface area contributed by atoms with Gasteiger partial charge in [0.25, 0.3) is 5.91 Å². The molecule has 2 aliphatic heterocycles. The average molecular weight is 544 g/mol. The van der Waals surface area contributed by atoms with Crippen molar-refractivity contribution in [2.75, 3.05) is 63.4 Å². The van der Waals surface area contributed by atoms with Crippen molar-refractivity contribution in [2.45, 2.75) is 12.5 Å². The molecule has 0 bridgehead atoms. The first-order chi connectivity index (χ1) is 19.6. The summed E-state index contributed by atoms with van der Waals surface area (Å²) in [5.74, 6) is 1.53. The number of hydrogen-bond donors (Lipinski definition) is 3. The molecule has 4 heterocycles. The molecule has 0 aliphatic carbocycles. The summed E-state index contributed by atoms with van der Waals surface area (Å²) in [4.78, 5) is 36.2. The number of rotatable bonds is 8. The summed E-state index contributed by atoms with van der Waals surface area (Å²) in [5, 5.41) is 15.2. The van der Waals surface area contributed by atoms with Gasteiger partial charge in [0.2, 0.25) is 5.95 Å². The Hall–Kier alpha value is -4.19. The number of aliphatic hydroxyl groups is 1. The van der Waals surface area contributed by atoms with E-state index in [-0.39, 0.29) is 18.6 Å². The fraction of sp³-hybridized carbons (Fsp3) is 0.345. The number of benzene rings is 2. The van der Waals surface area contributed by atoms with Crippen molar-refractivity contribution in [3.63, 3.8) is 0 Å². The number of piperazine rings is 1. The minimum atomic E-state index is -0.0665. The highest BCUT2D eigenvalue weighted by atomic mass is 16.7. The summed E-state index contributed by atoms with van der Waals surface area (Å²) in [5.41, 5.74) is 2.99. The lowest BCUT2D eigenvalue weighted by Crippen LogP contribution is -2.49. The van der Waals surface area contributed by atoms with Gasteiger partial charge in [0.05, 0.1) is 31.8 Å². The van der Waals surface area contributed by atoms with E-state index in [1.165, 1.54) is 0 Å². The number of ether oxygens (including phenoxy) is 1. The number of β-amino-alcohol motifs (C(OH)–C–C–N with tert-alkyl or cyclic N) is 1. The number of aliphatic hydroxyl groups excluding tert-OH is 1. The van der Waals surface area contributed by atoms with E-state index in [4.69, 9.17) is 14.6 Å². The number of fused-ring (bicyclic) bond motifs is 1. The van der Waals surface area contributed by atoms with Gasteiger partial charge in [0.1, 0.15) is 11.4 Å².